The van der Waals surface area contributed by atoms with Gasteiger partial charge in [-0.3, -0.25) is 14.5 Å². The number of carbonyl (C=O) groups excluding carboxylic acids is 2. The van der Waals surface area contributed by atoms with Crippen LogP contribution in [-0.4, -0.2) is 18.8 Å². The lowest BCUT2D eigenvalue weighted by Crippen LogP contribution is -2.38. The van der Waals surface area contributed by atoms with E-state index in [2.05, 4.69) is 5.32 Å². The summed E-state index contributed by atoms with van der Waals surface area (Å²) in [5.41, 5.74) is 5.42. The van der Waals surface area contributed by atoms with E-state index in [1.54, 1.807) is 12.0 Å². The quantitative estimate of drug-likeness (QED) is 0.293. The molecular formula is C33H27ClN2O3. The number of halogens is 1. The van der Waals surface area contributed by atoms with Gasteiger partial charge in [-0.05, 0) is 72.0 Å². The van der Waals surface area contributed by atoms with Gasteiger partial charge in [-0.15, -0.1) is 0 Å². The second-order valence-corrected chi connectivity index (χ2v) is 10.3. The van der Waals surface area contributed by atoms with E-state index in [1.165, 1.54) is 0 Å². The third-order valence-corrected chi connectivity index (χ3v) is 7.75. The Morgan fingerprint density at radius 1 is 0.846 bits per heavy atom. The summed E-state index contributed by atoms with van der Waals surface area (Å²) < 4.78 is 5.40. The number of ketones is 1. The standard InChI is InChI=1S/C33H27ClN2O3/c1-39-26-17-13-22(14-18-26)32-31-28(19-24(20-30(31)37)21-11-15-25(34)16-12-21)35-27-9-5-6-10-29(27)36(32)33(38)23-7-3-2-4-8-23/h2-18,24,32,35H,19-20H2,1H3/t24-,32-/m0/s1. The number of hydrogen-bond donors (Lipinski definition) is 1. The number of allylic oxidation sites excluding steroid dienone is 1. The van der Waals surface area contributed by atoms with Crippen molar-refractivity contribution in [3.63, 3.8) is 0 Å². The van der Waals surface area contributed by atoms with Gasteiger partial charge in [0, 0.05) is 28.3 Å². The normalized spacial score (nSPS) is 18.5. The molecule has 39 heavy (non-hydrogen) atoms. The van der Waals surface area contributed by atoms with Crippen molar-refractivity contribution in [2.75, 3.05) is 17.3 Å². The fourth-order valence-electron chi connectivity index (χ4n) is 5.61. The van der Waals surface area contributed by atoms with E-state index in [0.29, 0.717) is 34.8 Å². The van der Waals surface area contributed by atoms with Crippen LogP contribution in [0.3, 0.4) is 0 Å². The van der Waals surface area contributed by atoms with E-state index in [0.717, 1.165) is 28.2 Å². The second-order valence-electron chi connectivity index (χ2n) is 9.83. The third-order valence-electron chi connectivity index (χ3n) is 7.50. The van der Waals surface area contributed by atoms with Crippen molar-refractivity contribution in [1.29, 1.82) is 0 Å². The molecule has 1 amide bonds. The summed E-state index contributed by atoms with van der Waals surface area (Å²) in [4.78, 5) is 30.1. The van der Waals surface area contributed by atoms with Crippen molar-refractivity contribution < 1.29 is 14.3 Å². The van der Waals surface area contributed by atoms with Crippen LogP contribution in [0.2, 0.25) is 5.02 Å². The molecular weight excluding hydrogens is 508 g/mol. The van der Waals surface area contributed by atoms with Gasteiger partial charge in [0.1, 0.15) is 5.75 Å². The van der Waals surface area contributed by atoms with Gasteiger partial charge in [-0.25, -0.2) is 0 Å². The second kappa shape index (κ2) is 10.4. The average molecular weight is 535 g/mol. The summed E-state index contributed by atoms with van der Waals surface area (Å²) in [7, 11) is 1.62. The Bertz CT molecular complexity index is 1560. The summed E-state index contributed by atoms with van der Waals surface area (Å²) in [5.74, 6) is 0.551. The Balaban J connectivity index is 1.55. The van der Waals surface area contributed by atoms with E-state index in [1.807, 2.05) is 103 Å². The molecule has 4 aromatic rings. The molecule has 1 aliphatic heterocycles. The van der Waals surface area contributed by atoms with Crippen LogP contribution >= 0.6 is 11.6 Å². The van der Waals surface area contributed by atoms with E-state index >= 15 is 0 Å². The van der Waals surface area contributed by atoms with Gasteiger partial charge in [-0.1, -0.05) is 66.2 Å². The largest absolute Gasteiger partial charge is 0.497 e. The average Bonchev–Trinajstić information content (AvgIpc) is 3.12. The highest BCUT2D eigenvalue weighted by Crippen LogP contribution is 2.48. The van der Waals surface area contributed by atoms with Crippen LogP contribution in [0.4, 0.5) is 11.4 Å². The Morgan fingerprint density at radius 2 is 1.51 bits per heavy atom. The number of fused-ring (bicyclic) bond motifs is 1. The lowest BCUT2D eigenvalue weighted by atomic mass is 9.78. The van der Waals surface area contributed by atoms with Gasteiger partial charge in [0.15, 0.2) is 5.78 Å². The zero-order valence-corrected chi connectivity index (χ0v) is 22.2. The maximum atomic E-state index is 14.2. The molecule has 0 aromatic heterocycles. The lowest BCUT2D eigenvalue weighted by Gasteiger charge is -2.35. The maximum Gasteiger partial charge on any atom is 0.259 e. The minimum absolute atomic E-state index is 0.000992. The number of nitrogens with zero attached hydrogens (tertiary/aromatic N) is 1. The molecule has 0 fully saturated rings. The number of rotatable bonds is 4. The van der Waals surface area contributed by atoms with Gasteiger partial charge < -0.3 is 10.1 Å². The number of amides is 1. The monoisotopic (exact) mass is 534 g/mol. The molecule has 1 aliphatic carbocycles. The fraction of sp³-hybridized carbons (Fsp3) is 0.152. The zero-order valence-electron chi connectivity index (χ0n) is 21.4. The molecule has 0 saturated carbocycles. The Kier molecular flexibility index (Phi) is 6.67. The SMILES string of the molecule is COc1ccc([C@H]2C3=C(C[C@H](c4ccc(Cl)cc4)CC3=O)Nc3ccccc3N2C(=O)c2ccccc2)cc1. The lowest BCUT2D eigenvalue weighted by molar-refractivity contribution is -0.116. The number of hydrogen-bond acceptors (Lipinski definition) is 4. The van der Waals surface area contributed by atoms with Crippen LogP contribution in [0, 0.1) is 0 Å². The van der Waals surface area contributed by atoms with Crippen molar-refractivity contribution in [2.24, 2.45) is 0 Å². The first-order valence-corrected chi connectivity index (χ1v) is 13.3. The van der Waals surface area contributed by atoms with Crippen LogP contribution in [-0.2, 0) is 4.79 Å². The van der Waals surface area contributed by atoms with Crippen molar-refractivity contribution in [3.8, 4) is 5.75 Å². The minimum atomic E-state index is -0.617. The molecule has 1 heterocycles. The molecule has 2 aliphatic rings. The molecule has 6 rings (SSSR count). The molecule has 194 valence electrons. The molecule has 0 bridgehead atoms. The Hall–Kier alpha value is -4.35. The highest BCUT2D eigenvalue weighted by atomic mass is 35.5. The maximum absolute atomic E-state index is 14.2. The highest BCUT2D eigenvalue weighted by Gasteiger charge is 2.41. The first-order valence-electron chi connectivity index (χ1n) is 12.9. The number of para-hydroxylation sites is 2. The predicted molar refractivity (Wildman–Crippen MR) is 155 cm³/mol. The number of methoxy groups -OCH3 is 1. The van der Waals surface area contributed by atoms with Crippen LogP contribution in [0.25, 0.3) is 0 Å². The number of nitrogens with one attached hydrogen (secondary N) is 1. The summed E-state index contributed by atoms with van der Waals surface area (Å²) >= 11 is 6.14. The summed E-state index contributed by atoms with van der Waals surface area (Å²) in [6.45, 7) is 0. The minimum Gasteiger partial charge on any atom is -0.497 e. The van der Waals surface area contributed by atoms with Crippen LogP contribution < -0.4 is 15.0 Å². The van der Waals surface area contributed by atoms with Crippen molar-refractivity contribution in [1.82, 2.24) is 0 Å². The van der Waals surface area contributed by atoms with Crippen molar-refractivity contribution in [3.05, 3.63) is 136 Å². The highest BCUT2D eigenvalue weighted by molar-refractivity contribution is 6.30. The van der Waals surface area contributed by atoms with Gasteiger partial charge in [-0.2, -0.15) is 0 Å². The number of carbonyl (C=O) groups is 2. The zero-order chi connectivity index (χ0) is 26.9. The van der Waals surface area contributed by atoms with Crippen LogP contribution in [0.1, 0.15) is 46.3 Å². The van der Waals surface area contributed by atoms with Crippen LogP contribution in [0.15, 0.2) is 114 Å². The molecule has 0 saturated heterocycles. The van der Waals surface area contributed by atoms with Gasteiger partial charge in [0.2, 0.25) is 0 Å². The van der Waals surface area contributed by atoms with Gasteiger partial charge in [0.05, 0.1) is 24.5 Å². The van der Waals surface area contributed by atoms with E-state index in [9.17, 15) is 9.59 Å². The number of ether oxygens (including phenoxy) is 1. The third kappa shape index (κ3) is 4.70. The van der Waals surface area contributed by atoms with E-state index in [-0.39, 0.29) is 17.6 Å². The molecule has 6 heteroatoms. The summed E-state index contributed by atoms with van der Waals surface area (Å²) in [5, 5.41) is 4.24. The van der Waals surface area contributed by atoms with E-state index in [4.69, 9.17) is 16.3 Å². The first kappa shape index (κ1) is 25.0. The molecule has 4 aromatic carbocycles. The van der Waals surface area contributed by atoms with Crippen molar-refractivity contribution in [2.45, 2.75) is 24.8 Å². The molecule has 5 nitrogen and oxygen atoms in total. The van der Waals surface area contributed by atoms with Gasteiger partial charge >= 0.3 is 0 Å². The molecule has 0 spiro atoms. The summed E-state index contributed by atoms with van der Waals surface area (Å²) in [6.07, 6.45) is 0.982. The first-order chi connectivity index (χ1) is 19.0. The number of Topliss-reactive ketones (excluding diaryl/α,β-unsaturated/α-hetero) is 1. The summed E-state index contributed by atoms with van der Waals surface area (Å²) in [6, 6.07) is 31.6. The van der Waals surface area contributed by atoms with Crippen LogP contribution in [0.5, 0.6) is 5.75 Å². The molecule has 0 unspecified atom stereocenters. The predicted octanol–water partition coefficient (Wildman–Crippen LogP) is 7.56. The Morgan fingerprint density at radius 3 is 2.23 bits per heavy atom. The van der Waals surface area contributed by atoms with Gasteiger partial charge in [0.25, 0.3) is 5.91 Å². The van der Waals surface area contributed by atoms with Crippen molar-refractivity contribution >= 4 is 34.7 Å². The molecule has 2 atom stereocenters. The topological polar surface area (TPSA) is 58.6 Å². The smallest absolute Gasteiger partial charge is 0.259 e. The molecule has 0 radical (unpaired) electrons. The number of anilines is 2. The number of benzene rings is 4. The van der Waals surface area contributed by atoms with E-state index < -0.39 is 6.04 Å². The molecule has 1 N–H and O–H groups in total. The Labute approximate surface area is 232 Å². The fourth-order valence-corrected chi connectivity index (χ4v) is 5.73.